The van der Waals surface area contributed by atoms with E-state index in [-0.39, 0.29) is 11.3 Å². The summed E-state index contributed by atoms with van der Waals surface area (Å²) in [4.78, 5) is 11.5. The minimum atomic E-state index is -0.234. The highest BCUT2D eigenvalue weighted by Crippen LogP contribution is 2.27. The van der Waals surface area contributed by atoms with Crippen LogP contribution in [0.15, 0.2) is 48.5 Å². The Morgan fingerprint density at radius 2 is 1.95 bits per heavy atom. The molecule has 1 heterocycles. The zero-order chi connectivity index (χ0) is 13.2. The average molecular weight is 273 g/mol. The van der Waals surface area contributed by atoms with Crippen molar-refractivity contribution in [3.8, 4) is 0 Å². The van der Waals surface area contributed by atoms with Gasteiger partial charge in [-0.05, 0) is 23.6 Å². The van der Waals surface area contributed by atoms with Gasteiger partial charge in [-0.15, -0.1) is 11.6 Å². The molecule has 0 fully saturated rings. The number of fused-ring (bicyclic) bond motifs is 1. The molecule has 2 aromatic carbocycles. The second kappa shape index (κ2) is 5.06. The smallest absolute Gasteiger partial charge is 0.338 e. The summed E-state index contributed by atoms with van der Waals surface area (Å²) in [6.45, 7) is 0.386. The van der Waals surface area contributed by atoms with Crippen molar-refractivity contribution in [3.05, 3.63) is 70.8 Å². The highest BCUT2D eigenvalue weighted by atomic mass is 35.5. The summed E-state index contributed by atoms with van der Waals surface area (Å²) in [5.41, 5.74) is 3.78. The van der Waals surface area contributed by atoms with E-state index >= 15 is 0 Å². The fourth-order valence-electron chi connectivity index (χ4n) is 2.27. The molecule has 3 heteroatoms. The molecule has 0 aliphatic carbocycles. The van der Waals surface area contributed by atoms with Gasteiger partial charge < -0.3 is 4.74 Å². The van der Waals surface area contributed by atoms with E-state index in [9.17, 15) is 4.79 Å². The van der Waals surface area contributed by atoms with Gasteiger partial charge >= 0.3 is 5.97 Å². The molecule has 0 saturated carbocycles. The predicted molar refractivity (Wildman–Crippen MR) is 74.3 cm³/mol. The molecule has 1 aliphatic rings. The van der Waals surface area contributed by atoms with Crippen LogP contribution >= 0.6 is 11.6 Å². The van der Waals surface area contributed by atoms with Crippen LogP contribution in [0.3, 0.4) is 0 Å². The zero-order valence-electron chi connectivity index (χ0n) is 10.3. The number of carbonyl (C=O) groups excluding carboxylic acids is 1. The Morgan fingerprint density at radius 1 is 1.16 bits per heavy atom. The minimum Gasteiger partial charge on any atom is -0.457 e. The maximum atomic E-state index is 11.5. The highest BCUT2D eigenvalue weighted by Gasteiger charge is 2.21. The van der Waals surface area contributed by atoms with Crippen molar-refractivity contribution in [3.63, 3.8) is 0 Å². The molecule has 1 atom stereocenters. The van der Waals surface area contributed by atoms with E-state index in [1.165, 1.54) is 0 Å². The van der Waals surface area contributed by atoms with Crippen molar-refractivity contribution in [1.82, 2.24) is 0 Å². The van der Waals surface area contributed by atoms with Crippen molar-refractivity contribution in [2.24, 2.45) is 0 Å². The van der Waals surface area contributed by atoms with Gasteiger partial charge in [0.25, 0.3) is 0 Å². The number of hydrogen-bond donors (Lipinski definition) is 0. The SMILES string of the molecule is O=C1OCc2ccc(CC(Cl)c3ccccc3)cc21. The van der Waals surface area contributed by atoms with Crippen LogP contribution in [0.4, 0.5) is 0 Å². The lowest BCUT2D eigenvalue weighted by Gasteiger charge is -2.10. The molecule has 0 spiro atoms. The highest BCUT2D eigenvalue weighted by molar-refractivity contribution is 6.20. The Kier molecular flexibility index (Phi) is 3.26. The number of hydrogen-bond acceptors (Lipinski definition) is 2. The van der Waals surface area contributed by atoms with Gasteiger partial charge in [-0.1, -0.05) is 42.5 Å². The number of cyclic esters (lactones) is 1. The zero-order valence-corrected chi connectivity index (χ0v) is 11.1. The minimum absolute atomic E-state index is 0.0864. The van der Waals surface area contributed by atoms with E-state index in [0.717, 1.165) is 16.7 Å². The molecule has 0 amide bonds. The molecule has 0 radical (unpaired) electrons. The first-order valence-electron chi connectivity index (χ1n) is 6.22. The second-order valence-electron chi connectivity index (χ2n) is 4.65. The number of esters is 1. The van der Waals surface area contributed by atoms with Crippen molar-refractivity contribution in [1.29, 1.82) is 0 Å². The quantitative estimate of drug-likeness (QED) is 0.626. The number of halogens is 1. The average Bonchev–Trinajstić information content (AvgIpc) is 2.81. The molecule has 19 heavy (non-hydrogen) atoms. The Labute approximate surface area is 117 Å². The van der Waals surface area contributed by atoms with Gasteiger partial charge in [-0.25, -0.2) is 4.79 Å². The van der Waals surface area contributed by atoms with Crippen LogP contribution in [-0.4, -0.2) is 5.97 Å². The number of carbonyl (C=O) groups is 1. The fourth-order valence-corrected chi connectivity index (χ4v) is 2.60. The van der Waals surface area contributed by atoms with E-state index in [4.69, 9.17) is 16.3 Å². The van der Waals surface area contributed by atoms with Crippen molar-refractivity contribution in [2.75, 3.05) is 0 Å². The monoisotopic (exact) mass is 272 g/mol. The molecule has 1 aliphatic heterocycles. The molecule has 3 rings (SSSR count). The molecule has 0 N–H and O–H groups in total. The number of ether oxygens (including phenoxy) is 1. The largest absolute Gasteiger partial charge is 0.457 e. The molecule has 1 unspecified atom stereocenters. The van der Waals surface area contributed by atoms with Crippen LogP contribution in [0.2, 0.25) is 0 Å². The number of rotatable bonds is 3. The van der Waals surface area contributed by atoms with E-state index < -0.39 is 0 Å². The van der Waals surface area contributed by atoms with E-state index in [1.807, 2.05) is 48.5 Å². The van der Waals surface area contributed by atoms with Crippen LogP contribution in [0.5, 0.6) is 0 Å². The Bertz CT molecular complexity index is 607. The van der Waals surface area contributed by atoms with E-state index in [0.29, 0.717) is 18.6 Å². The predicted octanol–water partition coefficient (Wildman–Crippen LogP) is 3.88. The molecular weight excluding hydrogens is 260 g/mol. The van der Waals surface area contributed by atoms with Crippen LogP contribution in [0, 0.1) is 0 Å². The third-order valence-corrected chi connectivity index (χ3v) is 3.74. The number of alkyl halides is 1. The van der Waals surface area contributed by atoms with Crippen LogP contribution in [0.25, 0.3) is 0 Å². The van der Waals surface area contributed by atoms with Crippen LogP contribution in [-0.2, 0) is 17.8 Å². The summed E-state index contributed by atoms with van der Waals surface area (Å²) in [6.07, 6.45) is 0.701. The first-order valence-corrected chi connectivity index (χ1v) is 6.65. The lowest BCUT2D eigenvalue weighted by molar-refractivity contribution is 0.0535. The molecule has 0 aromatic heterocycles. The normalized spacial score (nSPS) is 14.9. The van der Waals surface area contributed by atoms with Crippen molar-refractivity contribution in [2.45, 2.75) is 18.4 Å². The lowest BCUT2D eigenvalue weighted by Crippen LogP contribution is -1.99. The van der Waals surface area contributed by atoms with Gasteiger partial charge in [0.05, 0.1) is 10.9 Å². The Hall–Kier alpha value is -1.80. The maximum Gasteiger partial charge on any atom is 0.338 e. The first-order chi connectivity index (χ1) is 9.24. The molecular formula is C16H13ClO2. The fraction of sp³-hybridized carbons (Fsp3) is 0.188. The third-order valence-electron chi connectivity index (χ3n) is 3.33. The summed E-state index contributed by atoms with van der Waals surface area (Å²) in [6, 6.07) is 15.8. The van der Waals surface area contributed by atoms with E-state index in [1.54, 1.807) is 0 Å². The second-order valence-corrected chi connectivity index (χ2v) is 5.18. The molecule has 0 bridgehead atoms. The Balaban J connectivity index is 1.81. The van der Waals surface area contributed by atoms with Gasteiger partial charge in [-0.3, -0.25) is 0 Å². The summed E-state index contributed by atoms with van der Waals surface area (Å²) < 4.78 is 5.00. The third kappa shape index (κ3) is 2.49. The number of benzene rings is 2. The first kappa shape index (κ1) is 12.2. The standard InChI is InChI=1S/C16H13ClO2/c17-15(12-4-2-1-3-5-12)9-11-6-7-13-10-19-16(18)14(13)8-11/h1-8,15H,9-10H2. The molecule has 2 nitrogen and oxygen atoms in total. The topological polar surface area (TPSA) is 26.3 Å². The molecule has 0 saturated heterocycles. The summed E-state index contributed by atoms with van der Waals surface area (Å²) in [7, 11) is 0. The van der Waals surface area contributed by atoms with Gasteiger partial charge in [0, 0.05) is 5.56 Å². The molecule has 96 valence electrons. The van der Waals surface area contributed by atoms with Gasteiger partial charge in [0.2, 0.25) is 0 Å². The van der Waals surface area contributed by atoms with E-state index in [2.05, 4.69) is 0 Å². The lowest BCUT2D eigenvalue weighted by atomic mass is 10.00. The summed E-state index contributed by atoms with van der Waals surface area (Å²) in [5, 5.41) is -0.0864. The van der Waals surface area contributed by atoms with Gasteiger partial charge in [-0.2, -0.15) is 0 Å². The Morgan fingerprint density at radius 3 is 2.74 bits per heavy atom. The van der Waals surface area contributed by atoms with Gasteiger partial charge in [0.1, 0.15) is 6.61 Å². The van der Waals surface area contributed by atoms with Crippen LogP contribution < -0.4 is 0 Å². The maximum absolute atomic E-state index is 11.5. The van der Waals surface area contributed by atoms with Crippen molar-refractivity contribution < 1.29 is 9.53 Å². The summed E-state index contributed by atoms with van der Waals surface area (Å²) >= 11 is 6.41. The molecule has 2 aromatic rings. The van der Waals surface area contributed by atoms with Gasteiger partial charge in [0.15, 0.2) is 0 Å². The van der Waals surface area contributed by atoms with Crippen molar-refractivity contribution >= 4 is 17.6 Å². The van der Waals surface area contributed by atoms with Crippen LogP contribution in [0.1, 0.15) is 32.4 Å². The summed E-state index contributed by atoms with van der Waals surface area (Å²) in [5.74, 6) is -0.234.